The molecule has 7 heteroatoms. The highest BCUT2D eigenvalue weighted by Crippen LogP contribution is 2.21. The standard InChI is InChI=1S/C18H16FN3O3/c1-18(24,13-2-4-14(19)5-3-13)11-21-17(23)15-10-16(25-22-15)12-6-8-20-9-7-12/h2-10,24H,11H2,1H3,(H,21,23). The average molecular weight is 341 g/mol. The van der Waals surface area contributed by atoms with Crippen LogP contribution < -0.4 is 5.32 Å². The fourth-order valence-corrected chi connectivity index (χ4v) is 2.29. The summed E-state index contributed by atoms with van der Waals surface area (Å²) in [4.78, 5) is 16.1. The molecule has 2 N–H and O–H groups in total. The van der Waals surface area contributed by atoms with Crippen molar-refractivity contribution in [3.8, 4) is 11.3 Å². The predicted molar refractivity (Wildman–Crippen MR) is 88.0 cm³/mol. The van der Waals surface area contributed by atoms with Gasteiger partial charge in [-0.05, 0) is 36.8 Å². The number of hydrogen-bond donors (Lipinski definition) is 2. The van der Waals surface area contributed by atoms with Crippen LogP contribution in [0, 0.1) is 5.82 Å². The third-order valence-corrected chi connectivity index (χ3v) is 3.77. The molecule has 0 spiro atoms. The molecule has 0 fully saturated rings. The fourth-order valence-electron chi connectivity index (χ4n) is 2.29. The number of nitrogens with one attached hydrogen (secondary N) is 1. The zero-order valence-electron chi connectivity index (χ0n) is 13.4. The summed E-state index contributed by atoms with van der Waals surface area (Å²) >= 11 is 0. The van der Waals surface area contributed by atoms with E-state index < -0.39 is 17.3 Å². The van der Waals surface area contributed by atoms with Gasteiger partial charge in [-0.25, -0.2) is 4.39 Å². The molecule has 1 amide bonds. The highest BCUT2D eigenvalue weighted by atomic mass is 19.1. The molecular weight excluding hydrogens is 325 g/mol. The van der Waals surface area contributed by atoms with Crippen molar-refractivity contribution in [1.82, 2.24) is 15.5 Å². The van der Waals surface area contributed by atoms with Gasteiger partial charge < -0.3 is 14.9 Å². The van der Waals surface area contributed by atoms with Crippen molar-refractivity contribution < 1.29 is 18.8 Å². The zero-order chi connectivity index (χ0) is 17.9. The highest BCUT2D eigenvalue weighted by Gasteiger charge is 2.25. The van der Waals surface area contributed by atoms with E-state index in [9.17, 15) is 14.3 Å². The minimum Gasteiger partial charge on any atom is -0.384 e. The van der Waals surface area contributed by atoms with E-state index in [-0.39, 0.29) is 12.2 Å². The third-order valence-electron chi connectivity index (χ3n) is 3.77. The van der Waals surface area contributed by atoms with E-state index in [0.29, 0.717) is 11.3 Å². The lowest BCUT2D eigenvalue weighted by Crippen LogP contribution is -2.38. The Morgan fingerprint density at radius 1 is 1.24 bits per heavy atom. The van der Waals surface area contributed by atoms with Gasteiger partial charge in [0.15, 0.2) is 11.5 Å². The Morgan fingerprint density at radius 3 is 2.60 bits per heavy atom. The fraction of sp³-hybridized carbons (Fsp3) is 0.167. The van der Waals surface area contributed by atoms with Crippen LogP contribution in [0.5, 0.6) is 0 Å². The van der Waals surface area contributed by atoms with E-state index in [4.69, 9.17) is 4.52 Å². The number of halogens is 1. The molecule has 0 bridgehead atoms. The van der Waals surface area contributed by atoms with Gasteiger partial charge in [-0.15, -0.1) is 0 Å². The number of amides is 1. The quantitative estimate of drug-likeness (QED) is 0.744. The monoisotopic (exact) mass is 341 g/mol. The largest absolute Gasteiger partial charge is 0.384 e. The Bertz CT molecular complexity index is 861. The second kappa shape index (κ2) is 6.82. The molecule has 0 radical (unpaired) electrons. The summed E-state index contributed by atoms with van der Waals surface area (Å²) < 4.78 is 18.1. The molecular formula is C18H16FN3O3. The SMILES string of the molecule is CC(O)(CNC(=O)c1cc(-c2ccncc2)on1)c1ccc(F)cc1. The number of nitrogens with zero attached hydrogens (tertiary/aromatic N) is 2. The minimum atomic E-state index is -1.35. The van der Waals surface area contributed by atoms with E-state index in [1.807, 2.05) is 0 Å². The molecule has 2 heterocycles. The Balaban J connectivity index is 1.66. The maximum absolute atomic E-state index is 13.0. The zero-order valence-corrected chi connectivity index (χ0v) is 13.4. The smallest absolute Gasteiger partial charge is 0.273 e. The average Bonchev–Trinajstić information content (AvgIpc) is 3.11. The molecule has 0 aliphatic rings. The highest BCUT2D eigenvalue weighted by molar-refractivity contribution is 5.93. The van der Waals surface area contributed by atoms with Crippen LogP contribution in [0.15, 0.2) is 59.4 Å². The molecule has 6 nitrogen and oxygen atoms in total. The van der Waals surface area contributed by atoms with Crippen LogP contribution in [0.2, 0.25) is 0 Å². The Labute approximate surface area is 143 Å². The van der Waals surface area contributed by atoms with Crippen molar-refractivity contribution in [2.75, 3.05) is 6.54 Å². The summed E-state index contributed by atoms with van der Waals surface area (Å²) in [5, 5.41) is 16.8. The first-order valence-corrected chi connectivity index (χ1v) is 7.59. The lowest BCUT2D eigenvalue weighted by Gasteiger charge is -2.24. The molecule has 1 unspecified atom stereocenters. The maximum atomic E-state index is 13.0. The second-order valence-electron chi connectivity index (χ2n) is 5.78. The number of pyridine rings is 1. The van der Waals surface area contributed by atoms with Crippen molar-refractivity contribution in [3.05, 3.63) is 71.9 Å². The van der Waals surface area contributed by atoms with Crippen molar-refractivity contribution in [3.63, 3.8) is 0 Å². The van der Waals surface area contributed by atoms with E-state index in [1.165, 1.54) is 37.3 Å². The van der Waals surface area contributed by atoms with E-state index >= 15 is 0 Å². The van der Waals surface area contributed by atoms with Gasteiger partial charge in [-0.3, -0.25) is 9.78 Å². The van der Waals surface area contributed by atoms with Crippen LogP contribution in [0.25, 0.3) is 11.3 Å². The Hall–Kier alpha value is -3.06. The first-order valence-electron chi connectivity index (χ1n) is 7.59. The van der Waals surface area contributed by atoms with Crippen molar-refractivity contribution in [2.45, 2.75) is 12.5 Å². The van der Waals surface area contributed by atoms with Crippen molar-refractivity contribution in [1.29, 1.82) is 0 Å². The van der Waals surface area contributed by atoms with Gasteiger partial charge in [0.25, 0.3) is 5.91 Å². The third kappa shape index (κ3) is 3.89. The number of aliphatic hydroxyl groups is 1. The molecule has 3 rings (SSSR count). The molecule has 2 aromatic heterocycles. The molecule has 0 aliphatic heterocycles. The lowest BCUT2D eigenvalue weighted by atomic mass is 9.96. The summed E-state index contributed by atoms with van der Waals surface area (Å²) in [7, 11) is 0. The molecule has 0 aliphatic carbocycles. The van der Waals surface area contributed by atoms with Gasteiger partial charge in [0.2, 0.25) is 0 Å². The summed E-state index contributed by atoms with van der Waals surface area (Å²) in [6.45, 7) is 1.47. The van der Waals surface area contributed by atoms with Crippen LogP contribution in [-0.4, -0.2) is 27.7 Å². The summed E-state index contributed by atoms with van der Waals surface area (Å²) in [6.07, 6.45) is 3.22. The Morgan fingerprint density at radius 2 is 1.92 bits per heavy atom. The maximum Gasteiger partial charge on any atom is 0.273 e. The van der Waals surface area contributed by atoms with Gasteiger partial charge in [0.1, 0.15) is 11.4 Å². The van der Waals surface area contributed by atoms with Crippen molar-refractivity contribution >= 4 is 5.91 Å². The number of aromatic nitrogens is 2. The molecule has 3 aromatic rings. The van der Waals surface area contributed by atoms with Gasteiger partial charge in [0.05, 0.1) is 6.54 Å². The first kappa shape index (κ1) is 16.8. The topological polar surface area (TPSA) is 88.2 Å². The summed E-state index contributed by atoms with van der Waals surface area (Å²) in [5.41, 5.74) is -0.00509. The van der Waals surface area contributed by atoms with Gasteiger partial charge in [-0.2, -0.15) is 0 Å². The molecule has 128 valence electrons. The predicted octanol–water partition coefficient (Wildman–Crippen LogP) is 2.51. The normalized spacial score (nSPS) is 13.2. The second-order valence-corrected chi connectivity index (χ2v) is 5.78. The number of hydrogen-bond acceptors (Lipinski definition) is 5. The van der Waals surface area contributed by atoms with Crippen LogP contribution in [-0.2, 0) is 5.60 Å². The summed E-state index contributed by atoms with van der Waals surface area (Å²) in [6, 6.07) is 10.4. The van der Waals surface area contributed by atoms with Crippen LogP contribution in [0.4, 0.5) is 4.39 Å². The number of benzene rings is 1. The molecule has 25 heavy (non-hydrogen) atoms. The van der Waals surface area contributed by atoms with E-state index in [2.05, 4.69) is 15.5 Å². The molecule has 1 atom stereocenters. The number of carbonyl (C=O) groups excluding carboxylic acids is 1. The van der Waals surface area contributed by atoms with Crippen LogP contribution in [0.1, 0.15) is 23.0 Å². The van der Waals surface area contributed by atoms with Crippen molar-refractivity contribution in [2.24, 2.45) is 0 Å². The van der Waals surface area contributed by atoms with E-state index in [1.54, 1.807) is 24.5 Å². The molecule has 1 aromatic carbocycles. The molecule has 0 saturated heterocycles. The van der Waals surface area contributed by atoms with Gasteiger partial charge in [0, 0.05) is 24.0 Å². The molecule has 0 saturated carbocycles. The number of rotatable bonds is 5. The van der Waals surface area contributed by atoms with Crippen LogP contribution >= 0.6 is 0 Å². The number of carbonyl (C=O) groups is 1. The van der Waals surface area contributed by atoms with Gasteiger partial charge >= 0.3 is 0 Å². The van der Waals surface area contributed by atoms with Crippen LogP contribution in [0.3, 0.4) is 0 Å². The van der Waals surface area contributed by atoms with E-state index in [0.717, 1.165) is 5.56 Å². The first-order chi connectivity index (χ1) is 12.0. The Kier molecular flexibility index (Phi) is 4.58. The lowest BCUT2D eigenvalue weighted by molar-refractivity contribution is 0.0523. The minimum absolute atomic E-state index is 0.0606. The summed E-state index contributed by atoms with van der Waals surface area (Å²) in [5.74, 6) is -0.431. The van der Waals surface area contributed by atoms with Gasteiger partial charge in [-0.1, -0.05) is 17.3 Å².